The fourth-order valence-electron chi connectivity index (χ4n) is 3.94. The first kappa shape index (κ1) is 19.3. The van der Waals surface area contributed by atoms with Crippen molar-refractivity contribution >= 4 is 16.9 Å². The molecule has 0 amide bonds. The van der Waals surface area contributed by atoms with Gasteiger partial charge in [-0.15, -0.1) is 0 Å². The van der Waals surface area contributed by atoms with Crippen LogP contribution < -0.4 is 5.01 Å². The Morgan fingerprint density at radius 1 is 1.07 bits per heavy atom. The molecule has 1 heterocycles. The average molecular weight is 374 g/mol. The molecule has 1 aliphatic heterocycles. The molecule has 1 fully saturated rings. The zero-order valence-electron chi connectivity index (χ0n) is 15.5. The number of anilines is 1. The lowest BCUT2D eigenvalue weighted by Gasteiger charge is -2.21. The van der Waals surface area contributed by atoms with Crippen molar-refractivity contribution < 1.29 is 9.96 Å². The Bertz CT molecular complexity index is 728. The Hall–Kier alpha value is -2.48. The van der Waals surface area contributed by atoms with Crippen LogP contribution in [0.15, 0.2) is 24.3 Å². The van der Waals surface area contributed by atoms with Crippen LogP contribution in [-0.4, -0.2) is 41.0 Å². The molecule has 0 spiro atoms. The molecule has 1 aliphatic carbocycles. The van der Waals surface area contributed by atoms with Crippen molar-refractivity contribution in [3.8, 4) is 0 Å². The third kappa shape index (κ3) is 4.82. The summed E-state index contributed by atoms with van der Waals surface area (Å²) in [5.41, 5.74) is 2.04. The van der Waals surface area contributed by atoms with Gasteiger partial charge >= 0.3 is 0 Å². The second kappa shape index (κ2) is 8.94. The van der Waals surface area contributed by atoms with Crippen LogP contribution in [0.3, 0.4) is 0 Å². The Labute approximate surface area is 158 Å². The van der Waals surface area contributed by atoms with Gasteiger partial charge in [0.15, 0.2) is 5.03 Å². The Morgan fingerprint density at radius 3 is 2.48 bits per heavy atom. The quantitative estimate of drug-likeness (QED) is 0.504. The topological polar surface area (TPSA) is 92.8 Å². The highest BCUT2D eigenvalue weighted by Crippen LogP contribution is 2.36. The highest BCUT2D eigenvalue weighted by atomic mass is 16.7. The zero-order chi connectivity index (χ0) is 19.2. The van der Waals surface area contributed by atoms with Gasteiger partial charge in [0.25, 0.3) is 5.69 Å². The minimum Gasteiger partial charge on any atom is -0.303 e. The normalized spacial score (nSPS) is 17.6. The SMILES string of the molecule is O=[N+]([O-])c1ccc(N(CCCN2CCCC2)[N+](=O)[O-])c(C2=CCCCC2)c1. The molecule has 1 aromatic rings. The largest absolute Gasteiger partial charge is 0.303 e. The van der Waals surface area contributed by atoms with E-state index in [1.165, 1.54) is 31.0 Å². The molecule has 2 aliphatic rings. The van der Waals surface area contributed by atoms with Crippen molar-refractivity contribution in [2.75, 3.05) is 31.2 Å². The van der Waals surface area contributed by atoms with Crippen LogP contribution in [0, 0.1) is 20.2 Å². The Kier molecular flexibility index (Phi) is 6.39. The van der Waals surface area contributed by atoms with Crippen LogP contribution in [0.25, 0.3) is 5.57 Å². The average Bonchev–Trinajstić information content (AvgIpc) is 3.19. The first-order valence-electron chi connectivity index (χ1n) is 9.68. The Balaban J connectivity index is 1.84. The van der Waals surface area contributed by atoms with Gasteiger partial charge in [-0.1, -0.05) is 11.1 Å². The highest BCUT2D eigenvalue weighted by molar-refractivity contribution is 5.78. The number of benzene rings is 1. The smallest absolute Gasteiger partial charge is 0.270 e. The van der Waals surface area contributed by atoms with E-state index in [-0.39, 0.29) is 5.69 Å². The number of nitro benzene ring substituents is 1. The third-order valence-corrected chi connectivity index (χ3v) is 5.35. The maximum absolute atomic E-state index is 11.7. The number of hydrogen-bond donors (Lipinski definition) is 0. The number of non-ortho nitro benzene ring substituents is 1. The van der Waals surface area contributed by atoms with Crippen molar-refractivity contribution in [3.05, 3.63) is 50.1 Å². The van der Waals surface area contributed by atoms with Gasteiger partial charge in [0.1, 0.15) is 5.69 Å². The second-order valence-electron chi connectivity index (χ2n) is 7.20. The van der Waals surface area contributed by atoms with E-state index in [1.807, 2.05) is 0 Å². The van der Waals surface area contributed by atoms with Crippen molar-refractivity contribution in [3.63, 3.8) is 0 Å². The summed E-state index contributed by atoms with van der Waals surface area (Å²) in [7, 11) is 0. The lowest BCUT2D eigenvalue weighted by Crippen LogP contribution is -2.34. The van der Waals surface area contributed by atoms with Crippen molar-refractivity contribution in [1.82, 2.24) is 4.90 Å². The number of rotatable bonds is 8. The van der Waals surface area contributed by atoms with Crippen molar-refractivity contribution in [2.45, 2.75) is 44.9 Å². The summed E-state index contributed by atoms with van der Waals surface area (Å²) in [6.07, 6.45) is 8.94. The van der Waals surface area contributed by atoms with Crippen LogP contribution in [-0.2, 0) is 0 Å². The highest BCUT2D eigenvalue weighted by Gasteiger charge is 2.25. The van der Waals surface area contributed by atoms with Gasteiger partial charge < -0.3 is 4.90 Å². The predicted octanol–water partition coefficient (Wildman–Crippen LogP) is 4.04. The molecule has 0 N–H and O–H groups in total. The fraction of sp³-hybridized carbons (Fsp3) is 0.579. The molecule has 0 bridgehead atoms. The molecule has 27 heavy (non-hydrogen) atoms. The van der Waals surface area contributed by atoms with E-state index in [9.17, 15) is 20.2 Å². The predicted molar refractivity (Wildman–Crippen MR) is 104 cm³/mol. The first-order valence-corrected chi connectivity index (χ1v) is 9.68. The molecule has 0 atom stereocenters. The number of nitro groups is 2. The molecule has 146 valence electrons. The molecule has 8 heteroatoms. The molecule has 1 aromatic carbocycles. The molecule has 1 saturated heterocycles. The molecule has 0 aromatic heterocycles. The van der Waals surface area contributed by atoms with E-state index in [4.69, 9.17) is 0 Å². The summed E-state index contributed by atoms with van der Waals surface area (Å²) in [5, 5.41) is 23.7. The Morgan fingerprint density at radius 2 is 1.85 bits per heavy atom. The van der Waals surface area contributed by atoms with E-state index in [0.29, 0.717) is 24.2 Å². The lowest BCUT2D eigenvalue weighted by atomic mass is 9.92. The zero-order valence-corrected chi connectivity index (χ0v) is 15.5. The minimum absolute atomic E-state index is 0.0272. The molecule has 0 unspecified atom stereocenters. The van der Waals surface area contributed by atoms with Gasteiger partial charge in [-0.3, -0.25) is 10.1 Å². The molecular formula is C19H26N4O4. The van der Waals surface area contributed by atoms with Crippen LogP contribution >= 0.6 is 0 Å². The van der Waals surface area contributed by atoms with Gasteiger partial charge in [-0.05, 0) is 69.7 Å². The summed E-state index contributed by atoms with van der Waals surface area (Å²) in [4.78, 5) is 24.8. The molecule has 3 rings (SSSR count). The van der Waals surface area contributed by atoms with Crippen molar-refractivity contribution in [2.24, 2.45) is 0 Å². The van der Waals surface area contributed by atoms with Gasteiger partial charge in [0, 0.05) is 24.2 Å². The van der Waals surface area contributed by atoms with Gasteiger partial charge in [-0.2, -0.15) is 0 Å². The van der Waals surface area contributed by atoms with E-state index >= 15 is 0 Å². The fourth-order valence-corrected chi connectivity index (χ4v) is 3.94. The monoisotopic (exact) mass is 374 g/mol. The standard InChI is InChI=1S/C19H26N4O4/c24-22(25)17-9-10-19(18(15-17)16-7-2-1-3-8-16)21(23(26)27)14-6-13-20-11-4-5-12-20/h7,9-10,15H,1-6,8,11-14H2. The number of hydrogen-bond acceptors (Lipinski definition) is 5. The number of nitrogens with zero attached hydrogens (tertiary/aromatic N) is 4. The van der Waals surface area contributed by atoms with E-state index in [1.54, 1.807) is 0 Å². The van der Waals surface area contributed by atoms with Crippen LogP contribution in [0.2, 0.25) is 0 Å². The van der Waals surface area contributed by atoms with Gasteiger partial charge in [0.2, 0.25) is 0 Å². The van der Waals surface area contributed by atoms with Crippen molar-refractivity contribution in [1.29, 1.82) is 0 Å². The summed E-state index contributed by atoms with van der Waals surface area (Å²) in [6.45, 7) is 3.26. The number of hydrazine groups is 1. The van der Waals surface area contributed by atoms with Gasteiger partial charge in [0.05, 0.1) is 11.5 Å². The van der Waals surface area contributed by atoms with E-state index < -0.39 is 9.96 Å². The third-order valence-electron chi connectivity index (χ3n) is 5.35. The van der Waals surface area contributed by atoms with Crippen LogP contribution in [0.5, 0.6) is 0 Å². The first-order chi connectivity index (χ1) is 13.1. The van der Waals surface area contributed by atoms with Crippen LogP contribution in [0.1, 0.15) is 50.5 Å². The number of allylic oxidation sites excluding steroid dienone is 2. The lowest BCUT2D eigenvalue weighted by molar-refractivity contribution is -0.494. The maximum atomic E-state index is 11.7. The van der Waals surface area contributed by atoms with Gasteiger partial charge in [-0.25, -0.2) is 10.1 Å². The summed E-state index contributed by atoms with van der Waals surface area (Å²) in [5.74, 6) is 0. The molecular weight excluding hydrogens is 348 g/mol. The molecule has 0 saturated carbocycles. The van der Waals surface area contributed by atoms with Crippen LogP contribution in [0.4, 0.5) is 11.4 Å². The number of likely N-dealkylation sites (tertiary alicyclic amines) is 1. The van der Waals surface area contributed by atoms with E-state index in [0.717, 1.165) is 55.9 Å². The maximum Gasteiger partial charge on any atom is 0.270 e. The summed E-state index contributed by atoms with van der Waals surface area (Å²) in [6, 6.07) is 4.38. The summed E-state index contributed by atoms with van der Waals surface area (Å²) >= 11 is 0. The second-order valence-corrected chi connectivity index (χ2v) is 7.20. The van der Waals surface area contributed by atoms with E-state index in [2.05, 4.69) is 11.0 Å². The minimum atomic E-state index is -0.444. The molecule has 8 nitrogen and oxygen atoms in total. The molecule has 0 radical (unpaired) electrons. The summed E-state index contributed by atoms with van der Waals surface area (Å²) < 4.78 is 0.